The number of terminal acetylenes is 3. The third-order valence-electron chi connectivity index (χ3n) is 15.5. The van der Waals surface area contributed by atoms with Crippen LogP contribution in [-0.4, -0.2) is 70.9 Å². The van der Waals surface area contributed by atoms with E-state index in [2.05, 4.69) is 39.0 Å². The summed E-state index contributed by atoms with van der Waals surface area (Å²) in [5.41, 5.74) is 1.29. The summed E-state index contributed by atoms with van der Waals surface area (Å²) in [4.78, 5) is 170. The standard InChI is InChI=1S/C72H38N8O12/c1-4-38-20-23-55-58(26-38)70(90)78(67(55)87)50-31-43(30-49(36-50)77-65(85)53-18-7-8-19-54(53)66(77)86)63(83)75-47-16-10-14-45(34-47)73-61(81)41-12-9-13-42(29-41)62(82)74-46-15-11-17-48(35-46)76-64(84)44-32-51(79-68(88)56-24-21-39(5-2)27-59(56)71(79)91)37-52(33-44)80-69(89)57-25-22-40(6-3)28-60(57)72(80)92/h1-3,7-37H,(H,73,81)(H,74,82)(H,75,83)(H,76,84). The number of hydrogen-bond donors (Lipinski definition) is 4. The van der Waals surface area contributed by atoms with Crippen LogP contribution in [0.5, 0.6) is 0 Å². The zero-order valence-corrected chi connectivity index (χ0v) is 47.3. The van der Waals surface area contributed by atoms with E-state index in [1.54, 1.807) is 12.1 Å². The third-order valence-corrected chi connectivity index (χ3v) is 15.5. The van der Waals surface area contributed by atoms with Gasteiger partial charge < -0.3 is 21.3 Å². The van der Waals surface area contributed by atoms with Gasteiger partial charge in [-0.05, 0) is 158 Å². The molecular formula is C72H38N8O12. The summed E-state index contributed by atoms with van der Waals surface area (Å²) in [7, 11) is 0. The molecule has 0 aromatic heterocycles. The predicted octanol–water partition coefficient (Wildman–Crippen LogP) is 9.84. The van der Waals surface area contributed by atoms with Gasteiger partial charge in [0.15, 0.2) is 0 Å². The van der Waals surface area contributed by atoms with Crippen LogP contribution >= 0.6 is 0 Å². The van der Waals surface area contributed by atoms with Crippen LogP contribution in [0.2, 0.25) is 0 Å². The van der Waals surface area contributed by atoms with Gasteiger partial charge in [0, 0.05) is 61.7 Å². The molecule has 92 heavy (non-hydrogen) atoms. The van der Waals surface area contributed by atoms with Crippen molar-refractivity contribution in [2.45, 2.75) is 0 Å². The zero-order chi connectivity index (χ0) is 64.4. The van der Waals surface area contributed by atoms with Crippen molar-refractivity contribution in [3.05, 3.63) is 272 Å². The second-order valence-electron chi connectivity index (χ2n) is 21.1. The highest BCUT2D eigenvalue weighted by atomic mass is 16.2. The largest absolute Gasteiger partial charge is 0.322 e. The van der Waals surface area contributed by atoms with Crippen molar-refractivity contribution >= 4 is 116 Å². The van der Waals surface area contributed by atoms with Crippen molar-refractivity contribution in [1.29, 1.82) is 0 Å². The van der Waals surface area contributed by atoms with Crippen LogP contribution in [0.4, 0.5) is 45.5 Å². The molecule has 438 valence electrons. The van der Waals surface area contributed by atoms with Crippen molar-refractivity contribution in [3.8, 4) is 37.0 Å². The average molecular weight is 1210 g/mol. The fourth-order valence-corrected chi connectivity index (χ4v) is 11.1. The molecule has 0 saturated carbocycles. The van der Waals surface area contributed by atoms with E-state index in [1.165, 1.54) is 176 Å². The van der Waals surface area contributed by atoms with Gasteiger partial charge in [-0.3, -0.25) is 57.5 Å². The van der Waals surface area contributed by atoms with E-state index >= 15 is 0 Å². The van der Waals surface area contributed by atoms with E-state index in [-0.39, 0.29) is 112 Å². The van der Waals surface area contributed by atoms with Crippen molar-refractivity contribution in [3.63, 3.8) is 0 Å². The average Bonchev–Trinajstić information content (AvgIpc) is 1.61. The van der Waals surface area contributed by atoms with Gasteiger partial charge in [-0.15, -0.1) is 19.3 Å². The van der Waals surface area contributed by atoms with Crippen LogP contribution in [0, 0.1) is 37.0 Å². The number of nitrogens with zero attached hydrogens (tertiary/aromatic N) is 4. The lowest BCUT2D eigenvalue weighted by atomic mass is 10.1. The van der Waals surface area contributed by atoms with E-state index < -0.39 is 70.9 Å². The topological polar surface area (TPSA) is 266 Å². The number of carbonyl (C=O) groups excluding carboxylic acids is 12. The minimum absolute atomic E-state index is 0.00319. The first-order valence-corrected chi connectivity index (χ1v) is 27.7. The Hall–Kier alpha value is -13.9. The fourth-order valence-electron chi connectivity index (χ4n) is 11.1. The molecule has 0 spiro atoms. The lowest BCUT2D eigenvalue weighted by Crippen LogP contribution is -2.32. The highest BCUT2D eigenvalue weighted by Crippen LogP contribution is 2.39. The minimum Gasteiger partial charge on any atom is -0.322 e. The van der Waals surface area contributed by atoms with E-state index in [0.29, 0.717) is 16.7 Å². The summed E-state index contributed by atoms with van der Waals surface area (Å²) in [6.45, 7) is 0. The first-order valence-electron chi connectivity index (χ1n) is 27.7. The summed E-state index contributed by atoms with van der Waals surface area (Å²) in [5, 5.41) is 10.9. The van der Waals surface area contributed by atoms with Gasteiger partial charge in [-0.2, -0.15) is 0 Å². The molecule has 9 aromatic carbocycles. The van der Waals surface area contributed by atoms with Gasteiger partial charge >= 0.3 is 0 Å². The molecule has 4 N–H and O–H groups in total. The van der Waals surface area contributed by atoms with Crippen molar-refractivity contribution in [1.82, 2.24) is 0 Å². The molecule has 4 heterocycles. The van der Waals surface area contributed by atoms with Gasteiger partial charge in [-0.25, -0.2) is 19.6 Å². The molecule has 12 amide bonds. The summed E-state index contributed by atoms with van der Waals surface area (Å²) in [6, 6.07) is 44.3. The molecule has 4 aliphatic rings. The van der Waals surface area contributed by atoms with Gasteiger partial charge in [0.1, 0.15) is 0 Å². The third kappa shape index (κ3) is 9.91. The molecule has 9 aromatic rings. The Morgan fingerprint density at radius 1 is 0.261 bits per heavy atom. The molecule has 13 rings (SSSR count). The number of imide groups is 4. The molecule has 0 atom stereocenters. The molecule has 0 fully saturated rings. The summed E-state index contributed by atoms with van der Waals surface area (Å²) in [5.74, 6) is -1.56. The second-order valence-corrected chi connectivity index (χ2v) is 21.1. The normalized spacial score (nSPS) is 13.4. The van der Waals surface area contributed by atoms with Gasteiger partial charge in [-0.1, -0.05) is 48.1 Å². The smallest absolute Gasteiger partial charge is 0.266 e. The number of fused-ring (bicyclic) bond motifs is 4. The molecule has 20 heteroatoms. The Balaban J connectivity index is 0.708. The van der Waals surface area contributed by atoms with E-state index in [0.717, 1.165) is 19.6 Å². The number of carbonyl (C=O) groups is 12. The van der Waals surface area contributed by atoms with Gasteiger partial charge in [0.05, 0.1) is 67.3 Å². The lowest BCUT2D eigenvalue weighted by molar-refractivity contribution is 0.0908. The number of anilines is 8. The highest BCUT2D eigenvalue weighted by molar-refractivity contribution is 6.38. The molecule has 0 radical (unpaired) electrons. The van der Waals surface area contributed by atoms with Crippen LogP contribution < -0.4 is 40.9 Å². The Kier molecular flexibility index (Phi) is 13.9. The Morgan fingerprint density at radius 3 is 0.815 bits per heavy atom. The van der Waals surface area contributed by atoms with E-state index in [4.69, 9.17) is 19.3 Å². The van der Waals surface area contributed by atoms with Crippen LogP contribution in [0.15, 0.2) is 188 Å². The quantitative estimate of drug-likeness (QED) is 0.0658. The zero-order valence-electron chi connectivity index (χ0n) is 47.3. The molecule has 20 nitrogen and oxygen atoms in total. The van der Waals surface area contributed by atoms with Crippen LogP contribution in [-0.2, 0) is 0 Å². The molecule has 0 aliphatic carbocycles. The number of benzene rings is 9. The number of amides is 12. The first kappa shape index (κ1) is 57.2. The molecule has 0 saturated heterocycles. The van der Waals surface area contributed by atoms with Gasteiger partial charge in [0.2, 0.25) is 0 Å². The van der Waals surface area contributed by atoms with Crippen LogP contribution in [0.25, 0.3) is 0 Å². The maximum Gasteiger partial charge on any atom is 0.266 e. The maximum absolute atomic E-state index is 14.3. The summed E-state index contributed by atoms with van der Waals surface area (Å²) < 4.78 is 0. The molecular weight excluding hydrogens is 1170 g/mol. The molecule has 0 unspecified atom stereocenters. The summed E-state index contributed by atoms with van der Waals surface area (Å²) >= 11 is 0. The van der Waals surface area contributed by atoms with E-state index in [9.17, 15) is 57.5 Å². The maximum atomic E-state index is 14.3. The van der Waals surface area contributed by atoms with Crippen molar-refractivity contribution in [2.75, 3.05) is 40.9 Å². The van der Waals surface area contributed by atoms with Crippen molar-refractivity contribution in [2.24, 2.45) is 0 Å². The Labute approximate surface area is 521 Å². The SMILES string of the molecule is C#Cc1ccc2c(c1)C(=O)N(c1cc(C(=O)Nc3cccc(NC(=O)c4cccc(C(=O)Nc5cccc(NC(=O)c6cc(N7C(=O)c8ccc(C#C)cc8C7=O)cc(N7C(=O)c8ccc(C#C)cc8C7=O)c6)c5)c4)c3)cc(N3C(=O)c4ccccc4C3=O)c1)C2=O. The van der Waals surface area contributed by atoms with Crippen LogP contribution in [0.1, 0.15) is 141 Å². The van der Waals surface area contributed by atoms with Crippen molar-refractivity contribution < 1.29 is 57.5 Å². The molecule has 0 bridgehead atoms. The fraction of sp³-hybridized carbons (Fsp3) is 0. The van der Waals surface area contributed by atoms with E-state index in [1.807, 2.05) is 0 Å². The Bertz CT molecular complexity index is 4970. The Morgan fingerprint density at radius 2 is 0.522 bits per heavy atom. The van der Waals surface area contributed by atoms with Crippen LogP contribution in [0.3, 0.4) is 0 Å². The first-order chi connectivity index (χ1) is 44.4. The number of nitrogens with one attached hydrogen (secondary N) is 4. The molecule has 4 aliphatic heterocycles. The highest BCUT2D eigenvalue weighted by Gasteiger charge is 2.43. The number of rotatable bonds is 12. The summed E-state index contributed by atoms with van der Waals surface area (Å²) in [6.07, 6.45) is 16.7. The predicted molar refractivity (Wildman–Crippen MR) is 338 cm³/mol. The lowest BCUT2D eigenvalue weighted by Gasteiger charge is -2.20. The minimum atomic E-state index is -0.815. The monoisotopic (exact) mass is 1210 g/mol. The number of hydrogen-bond acceptors (Lipinski definition) is 12. The van der Waals surface area contributed by atoms with Gasteiger partial charge in [0.25, 0.3) is 70.9 Å². The second kappa shape index (κ2) is 22.4.